The zero-order valence-corrected chi connectivity index (χ0v) is 16.3. The van der Waals surface area contributed by atoms with Gasteiger partial charge in [-0.15, -0.1) is 0 Å². The Morgan fingerprint density at radius 2 is 1.86 bits per heavy atom. The molecule has 1 saturated heterocycles. The highest BCUT2D eigenvalue weighted by Crippen LogP contribution is 2.34. The highest BCUT2D eigenvalue weighted by Gasteiger charge is 2.41. The van der Waals surface area contributed by atoms with Gasteiger partial charge in [0.25, 0.3) is 0 Å². The molecule has 0 radical (unpaired) electrons. The number of halogens is 3. The number of aromatic nitrogens is 2. The molecule has 156 valence electrons. The van der Waals surface area contributed by atoms with E-state index in [0.717, 1.165) is 17.7 Å². The van der Waals surface area contributed by atoms with Gasteiger partial charge in [-0.05, 0) is 31.2 Å². The van der Waals surface area contributed by atoms with E-state index in [4.69, 9.17) is 0 Å². The summed E-state index contributed by atoms with van der Waals surface area (Å²) in [5.74, 6) is 0.651. The van der Waals surface area contributed by atoms with Gasteiger partial charge in [-0.25, -0.2) is 14.3 Å². The van der Waals surface area contributed by atoms with Crippen LogP contribution in [0.1, 0.15) is 23.0 Å². The topological polar surface area (TPSA) is 76.5 Å². The van der Waals surface area contributed by atoms with Crippen molar-refractivity contribution in [1.29, 1.82) is 0 Å². The minimum atomic E-state index is -4.81. The molecule has 1 fully saturated rings. The maximum atomic E-state index is 13.6. The van der Waals surface area contributed by atoms with E-state index in [-0.39, 0.29) is 18.3 Å². The number of hydrogen-bond acceptors (Lipinski definition) is 5. The fourth-order valence-corrected chi connectivity index (χ4v) is 3.73. The molecule has 2 amide bonds. The van der Waals surface area contributed by atoms with Crippen molar-refractivity contribution in [2.24, 2.45) is 0 Å². The van der Waals surface area contributed by atoms with Crippen molar-refractivity contribution in [3.8, 4) is 5.69 Å². The van der Waals surface area contributed by atoms with Crippen molar-refractivity contribution in [3.05, 3.63) is 41.7 Å². The standard InChI is InChI=1S/C18H19F3N4O3S/c1-2-28-16(26)14-11-22-25(15(14)18(19,20)21)13-5-3-12(4-6-13)23-17(27)24-7-9-29-10-8-24/h3-6,11H,2,7-10H2,1H3,(H,23,27). The van der Waals surface area contributed by atoms with Crippen LogP contribution in [0.2, 0.25) is 0 Å². The number of ether oxygens (including phenoxy) is 1. The molecule has 1 aliphatic heterocycles. The van der Waals surface area contributed by atoms with Crippen LogP contribution in [0.15, 0.2) is 30.5 Å². The van der Waals surface area contributed by atoms with E-state index in [2.05, 4.69) is 15.2 Å². The molecule has 7 nitrogen and oxygen atoms in total. The monoisotopic (exact) mass is 428 g/mol. The summed E-state index contributed by atoms with van der Waals surface area (Å²) in [4.78, 5) is 25.8. The maximum Gasteiger partial charge on any atom is 0.434 e. The van der Waals surface area contributed by atoms with Crippen LogP contribution >= 0.6 is 11.8 Å². The Balaban J connectivity index is 1.82. The van der Waals surface area contributed by atoms with Crippen molar-refractivity contribution in [3.63, 3.8) is 0 Å². The van der Waals surface area contributed by atoms with E-state index in [9.17, 15) is 22.8 Å². The van der Waals surface area contributed by atoms with E-state index in [1.165, 1.54) is 31.2 Å². The number of hydrogen-bond donors (Lipinski definition) is 1. The zero-order valence-electron chi connectivity index (χ0n) is 15.5. The van der Waals surface area contributed by atoms with Crippen LogP contribution in [0.3, 0.4) is 0 Å². The second-order valence-corrected chi connectivity index (χ2v) is 7.34. The summed E-state index contributed by atoms with van der Waals surface area (Å²) in [6, 6.07) is 5.49. The zero-order chi connectivity index (χ0) is 21.0. The van der Waals surface area contributed by atoms with Crippen molar-refractivity contribution in [2.75, 3.05) is 36.5 Å². The molecule has 1 aliphatic rings. The van der Waals surface area contributed by atoms with Crippen LogP contribution < -0.4 is 5.32 Å². The second kappa shape index (κ2) is 8.76. The Morgan fingerprint density at radius 3 is 2.45 bits per heavy atom. The van der Waals surface area contributed by atoms with Crippen LogP contribution in [0, 0.1) is 0 Å². The number of esters is 1. The Bertz CT molecular complexity index is 877. The number of nitrogens with one attached hydrogen (secondary N) is 1. The Kier molecular flexibility index (Phi) is 6.36. The number of rotatable bonds is 4. The summed E-state index contributed by atoms with van der Waals surface area (Å²) >= 11 is 1.78. The highest BCUT2D eigenvalue weighted by atomic mass is 32.2. The largest absolute Gasteiger partial charge is 0.462 e. The molecular formula is C18H19F3N4O3S. The van der Waals surface area contributed by atoms with Crippen LogP contribution in [0.4, 0.5) is 23.7 Å². The number of urea groups is 1. The molecular weight excluding hydrogens is 409 g/mol. The molecule has 0 saturated carbocycles. The number of carbonyl (C=O) groups is 2. The van der Waals surface area contributed by atoms with E-state index in [1.807, 2.05) is 0 Å². The van der Waals surface area contributed by atoms with Gasteiger partial charge in [-0.3, -0.25) is 0 Å². The van der Waals surface area contributed by atoms with Crippen LogP contribution in [-0.4, -0.2) is 57.9 Å². The molecule has 1 N–H and O–H groups in total. The first-order chi connectivity index (χ1) is 13.8. The van der Waals surface area contributed by atoms with Gasteiger partial charge < -0.3 is 15.0 Å². The molecule has 11 heteroatoms. The lowest BCUT2D eigenvalue weighted by Gasteiger charge is -2.26. The third-order valence-electron chi connectivity index (χ3n) is 4.19. The lowest BCUT2D eigenvalue weighted by Crippen LogP contribution is -2.40. The van der Waals surface area contributed by atoms with Gasteiger partial charge in [0.2, 0.25) is 0 Å². The number of alkyl halides is 3. The van der Waals surface area contributed by atoms with Gasteiger partial charge >= 0.3 is 18.2 Å². The number of amides is 2. The molecule has 3 rings (SSSR count). The highest BCUT2D eigenvalue weighted by molar-refractivity contribution is 7.99. The Hall–Kier alpha value is -2.69. The van der Waals surface area contributed by atoms with Gasteiger partial charge in [0, 0.05) is 30.3 Å². The third-order valence-corrected chi connectivity index (χ3v) is 5.14. The first-order valence-corrected chi connectivity index (χ1v) is 10.0. The molecule has 0 spiro atoms. The van der Waals surface area contributed by atoms with Gasteiger partial charge in [-0.2, -0.15) is 30.0 Å². The average molecular weight is 428 g/mol. The minimum Gasteiger partial charge on any atom is -0.462 e. The SMILES string of the molecule is CCOC(=O)c1cnn(-c2ccc(NC(=O)N3CCSCC3)cc2)c1C(F)(F)F. The molecule has 2 heterocycles. The summed E-state index contributed by atoms with van der Waals surface area (Å²) in [5.41, 5.74) is -1.32. The molecule has 0 aliphatic carbocycles. The van der Waals surface area contributed by atoms with Crippen LogP contribution in [-0.2, 0) is 10.9 Å². The Labute approximate surface area is 169 Å². The predicted molar refractivity (Wildman–Crippen MR) is 102 cm³/mol. The first kappa shape index (κ1) is 21.0. The van der Waals surface area contributed by atoms with Gasteiger partial charge in [0.1, 0.15) is 5.56 Å². The summed E-state index contributed by atoms with van der Waals surface area (Å²) in [5, 5.41) is 6.45. The summed E-state index contributed by atoms with van der Waals surface area (Å²) in [6.45, 7) is 2.75. The number of thioether (sulfide) groups is 1. The lowest BCUT2D eigenvalue weighted by atomic mass is 10.2. The molecule has 2 aromatic rings. The molecule has 29 heavy (non-hydrogen) atoms. The van der Waals surface area contributed by atoms with Gasteiger partial charge in [0.15, 0.2) is 5.69 Å². The fraction of sp³-hybridized carbons (Fsp3) is 0.389. The van der Waals surface area contributed by atoms with E-state index in [0.29, 0.717) is 23.5 Å². The minimum absolute atomic E-state index is 0.0502. The molecule has 1 aromatic heterocycles. The smallest absolute Gasteiger partial charge is 0.434 e. The normalized spacial score (nSPS) is 14.6. The van der Waals surface area contributed by atoms with Gasteiger partial charge in [0.05, 0.1) is 18.5 Å². The lowest BCUT2D eigenvalue weighted by molar-refractivity contribution is -0.143. The maximum absolute atomic E-state index is 13.6. The second-order valence-electron chi connectivity index (χ2n) is 6.11. The number of nitrogens with zero attached hydrogens (tertiary/aromatic N) is 3. The average Bonchev–Trinajstić information content (AvgIpc) is 3.15. The molecule has 0 bridgehead atoms. The first-order valence-electron chi connectivity index (χ1n) is 8.87. The van der Waals surface area contributed by atoms with Crippen LogP contribution in [0.25, 0.3) is 5.69 Å². The van der Waals surface area contributed by atoms with Crippen molar-refractivity contribution >= 4 is 29.4 Å². The number of anilines is 1. The van der Waals surface area contributed by atoms with E-state index < -0.39 is 23.4 Å². The summed E-state index contributed by atoms with van der Waals surface area (Å²) in [7, 11) is 0. The van der Waals surface area contributed by atoms with E-state index in [1.54, 1.807) is 16.7 Å². The fourth-order valence-electron chi connectivity index (χ4n) is 2.83. The number of benzene rings is 1. The van der Waals surface area contributed by atoms with E-state index >= 15 is 0 Å². The van der Waals surface area contributed by atoms with Crippen molar-refractivity contribution in [2.45, 2.75) is 13.1 Å². The molecule has 0 unspecified atom stereocenters. The Morgan fingerprint density at radius 1 is 1.21 bits per heavy atom. The number of carbonyl (C=O) groups excluding carboxylic acids is 2. The summed E-state index contributed by atoms with van der Waals surface area (Å²) < 4.78 is 46.0. The third kappa shape index (κ3) is 4.84. The molecule has 0 atom stereocenters. The van der Waals surface area contributed by atoms with Crippen LogP contribution in [0.5, 0.6) is 0 Å². The van der Waals surface area contributed by atoms with Gasteiger partial charge in [-0.1, -0.05) is 0 Å². The van der Waals surface area contributed by atoms with Crippen molar-refractivity contribution in [1.82, 2.24) is 14.7 Å². The quantitative estimate of drug-likeness (QED) is 0.753. The predicted octanol–water partition coefficient (Wildman–Crippen LogP) is 3.65. The summed E-state index contributed by atoms with van der Waals surface area (Å²) in [6.07, 6.45) is -3.97. The van der Waals surface area contributed by atoms with Crippen molar-refractivity contribution < 1.29 is 27.5 Å². The molecule has 1 aromatic carbocycles.